The third-order valence-corrected chi connectivity index (χ3v) is 4.25. The van der Waals surface area contributed by atoms with Crippen LogP contribution in [-0.4, -0.2) is 56.7 Å². The number of hydrogen-bond acceptors (Lipinski definition) is 9. The first-order valence-electron chi connectivity index (χ1n) is 9.77. The van der Waals surface area contributed by atoms with E-state index in [0.717, 1.165) is 19.3 Å². The zero-order valence-corrected chi connectivity index (χ0v) is 16.6. The Labute approximate surface area is 168 Å². The lowest BCUT2D eigenvalue weighted by Gasteiger charge is -2.16. The molecule has 2 heterocycles. The fourth-order valence-corrected chi connectivity index (χ4v) is 2.65. The summed E-state index contributed by atoms with van der Waals surface area (Å²) in [7, 11) is 0. The number of carbonyl (C=O) groups is 1. The molecule has 0 bridgehead atoms. The van der Waals surface area contributed by atoms with Gasteiger partial charge in [0.25, 0.3) is 5.56 Å². The molecule has 0 saturated heterocycles. The Bertz CT molecular complexity index is 821. The van der Waals surface area contributed by atoms with Crippen LogP contribution < -0.4 is 11.3 Å². The lowest BCUT2D eigenvalue weighted by atomic mass is 10.1. The van der Waals surface area contributed by atoms with Crippen molar-refractivity contribution in [3.05, 3.63) is 16.7 Å². The van der Waals surface area contributed by atoms with E-state index in [1.165, 1.54) is 30.2 Å². The van der Waals surface area contributed by atoms with Gasteiger partial charge in [0.2, 0.25) is 5.95 Å². The van der Waals surface area contributed by atoms with Crippen molar-refractivity contribution >= 4 is 23.3 Å². The van der Waals surface area contributed by atoms with E-state index >= 15 is 0 Å². The molecule has 162 valence electrons. The maximum Gasteiger partial charge on any atom is 0.508 e. The van der Waals surface area contributed by atoms with E-state index in [2.05, 4.69) is 21.9 Å². The number of carbonyl (C=O) groups excluding carboxylic acids is 1. The number of nitrogen functional groups attached to an aromatic ring is 1. The number of aromatic amines is 1. The number of aliphatic hydroxyl groups excluding tert-OH is 1. The third kappa shape index (κ3) is 7.35. The van der Waals surface area contributed by atoms with Crippen LogP contribution in [-0.2, 0) is 20.9 Å². The van der Waals surface area contributed by atoms with E-state index in [0.29, 0.717) is 6.61 Å². The summed E-state index contributed by atoms with van der Waals surface area (Å²) in [5.41, 5.74) is 5.45. The Morgan fingerprint density at radius 3 is 2.79 bits per heavy atom. The van der Waals surface area contributed by atoms with Crippen LogP contribution in [0.15, 0.2) is 11.1 Å². The number of ether oxygens (including phenoxy) is 3. The van der Waals surface area contributed by atoms with Crippen LogP contribution >= 0.6 is 0 Å². The number of anilines is 1. The van der Waals surface area contributed by atoms with E-state index in [1.54, 1.807) is 0 Å². The fraction of sp³-hybridized carbons (Fsp3) is 0.667. The summed E-state index contributed by atoms with van der Waals surface area (Å²) in [4.78, 5) is 33.7. The predicted molar refractivity (Wildman–Crippen MR) is 105 cm³/mol. The van der Waals surface area contributed by atoms with E-state index in [4.69, 9.17) is 19.9 Å². The van der Waals surface area contributed by atoms with Gasteiger partial charge in [0.05, 0.1) is 19.5 Å². The number of aromatic nitrogens is 4. The number of hydrogen-bond donors (Lipinski definition) is 3. The molecule has 2 aromatic heterocycles. The molecule has 11 heteroatoms. The number of nitrogens with two attached hydrogens (primary N) is 1. The third-order valence-electron chi connectivity index (χ3n) is 4.25. The van der Waals surface area contributed by atoms with Gasteiger partial charge in [-0.3, -0.25) is 14.3 Å². The van der Waals surface area contributed by atoms with Crippen molar-refractivity contribution in [3.8, 4) is 0 Å². The van der Waals surface area contributed by atoms with Gasteiger partial charge in [0, 0.05) is 0 Å². The number of rotatable bonds is 13. The highest BCUT2D eigenvalue weighted by Gasteiger charge is 2.15. The molecule has 0 fully saturated rings. The number of nitrogens with zero attached hydrogens (tertiary/aromatic N) is 3. The van der Waals surface area contributed by atoms with E-state index in [-0.39, 0.29) is 37.1 Å². The standard InChI is InChI=1S/C18H29N5O6/c1-2-3-4-5-6-7-8-27-18(26)28-10-13(9-24)29-12-23-11-20-14-15(23)21-17(19)22-16(14)25/h11,13,24H,2-10,12H2,1H3,(H3,19,21,22,25). The normalized spacial score (nSPS) is 12.2. The van der Waals surface area contributed by atoms with Gasteiger partial charge in [-0.1, -0.05) is 39.0 Å². The van der Waals surface area contributed by atoms with Gasteiger partial charge in [0.15, 0.2) is 11.2 Å². The minimum atomic E-state index is -0.797. The summed E-state index contributed by atoms with van der Waals surface area (Å²) in [6.45, 7) is 1.86. The smallest absolute Gasteiger partial charge is 0.434 e. The quantitative estimate of drug-likeness (QED) is 0.329. The van der Waals surface area contributed by atoms with Crippen LogP contribution in [0.25, 0.3) is 11.2 Å². The first kappa shape index (κ1) is 22.6. The molecule has 0 aromatic carbocycles. The number of unbranched alkanes of at least 4 members (excludes halogenated alkanes) is 5. The van der Waals surface area contributed by atoms with Gasteiger partial charge in [-0.25, -0.2) is 9.78 Å². The zero-order chi connectivity index (χ0) is 21.1. The molecule has 4 N–H and O–H groups in total. The second kappa shape index (κ2) is 12.0. The molecule has 0 aliphatic rings. The number of H-pyrrole nitrogens is 1. The van der Waals surface area contributed by atoms with Gasteiger partial charge < -0.3 is 25.1 Å². The van der Waals surface area contributed by atoms with Crippen LogP contribution in [0.3, 0.4) is 0 Å². The Morgan fingerprint density at radius 1 is 1.28 bits per heavy atom. The van der Waals surface area contributed by atoms with Crippen molar-refractivity contribution in [2.24, 2.45) is 0 Å². The van der Waals surface area contributed by atoms with Gasteiger partial charge >= 0.3 is 6.16 Å². The Kier molecular flexibility index (Phi) is 9.38. The molecular weight excluding hydrogens is 382 g/mol. The highest BCUT2D eigenvalue weighted by molar-refractivity contribution is 5.70. The molecule has 0 saturated carbocycles. The SMILES string of the molecule is CCCCCCCCOC(=O)OCC(CO)OCn1cnc2c(=O)[nH]c(N)nc21. The Morgan fingerprint density at radius 2 is 2.03 bits per heavy atom. The van der Waals surface area contributed by atoms with Crippen molar-refractivity contribution in [3.63, 3.8) is 0 Å². The van der Waals surface area contributed by atoms with E-state index in [1.807, 2.05) is 0 Å². The highest BCUT2D eigenvalue weighted by Crippen LogP contribution is 2.08. The summed E-state index contributed by atoms with van der Waals surface area (Å²) in [6, 6.07) is 0. The fourth-order valence-electron chi connectivity index (χ4n) is 2.65. The lowest BCUT2D eigenvalue weighted by Crippen LogP contribution is -2.27. The zero-order valence-electron chi connectivity index (χ0n) is 16.6. The molecule has 2 aromatic rings. The molecule has 0 amide bonds. The average molecular weight is 411 g/mol. The molecule has 1 unspecified atom stereocenters. The van der Waals surface area contributed by atoms with Gasteiger partial charge in [-0.2, -0.15) is 4.98 Å². The molecule has 29 heavy (non-hydrogen) atoms. The molecule has 0 radical (unpaired) electrons. The van der Waals surface area contributed by atoms with Crippen LogP contribution in [0.1, 0.15) is 45.4 Å². The minimum absolute atomic E-state index is 0.0422. The second-order valence-corrected chi connectivity index (χ2v) is 6.62. The summed E-state index contributed by atoms with van der Waals surface area (Å²) in [6.07, 6.45) is 6.34. The highest BCUT2D eigenvalue weighted by atomic mass is 16.7. The van der Waals surface area contributed by atoms with Crippen LogP contribution in [0.4, 0.5) is 10.7 Å². The van der Waals surface area contributed by atoms with Crippen LogP contribution in [0.2, 0.25) is 0 Å². The van der Waals surface area contributed by atoms with Crippen molar-refractivity contribution in [2.45, 2.75) is 58.3 Å². The van der Waals surface area contributed by atoms with E-state index < -0.39 is 17.8 Å². The minimum Gasteiger partial charge on any atom is -0.434 e. The summed E-state index contributed by atoms with van der Waals surface area (Å²) < 4.78 is 16.9. The first-order chi connectivity index (χ1) is 14.0. The number of nitrogens with one attached hydrogen (secondary N) is 1. The lowest BCUT2D eigenvalue weighted by molar-refractivity contribution is -0.0616. The molecule has 11 nitrogen and oxygen atoms in total. The van der Waals surface area contributed by atoms with E-state index in [9.17, 15) is 14.7 Å². The predicted octanol–water partition coefficient (Wildman–Crippen LogP) is 1.55. The topological polar surface area (TPSA) is 155 Å². The van der Waals surface area contributed by atoms with Crippen molar-refractivity contribution < 1.29 is 24.1 Å². The number of fused-ring (bicyclic) bond motifs is 1. The van der Waals surface area contributed by atoms with Gasteiger partial charge in [-0.05, 0) is 6.42 Å². The van der Waals surface area contributed by atoms with Crippen LogP contribution in [0, 0.1) is 0 Å². The molecule has 0 aliphatic carbocycles. The molecular formula is C18H29N5O6. The number of aliphatic hydroxyl groups is 1. The summed E-state index contributed by atoms with van der Waals surface area (Å²) in [5.74, 6) is -0.0422. The molecule has 1 atom stereocenters. The second-order valence-electron chi connectivity index (χ2n) is 6.62. The number of imidazole rings is 1. The molecule has 0 spiro atoms. The summed E-state index contributed by atoms with van der Waals surface area (Å²) in [5, 5.41) is 9.41. The summed E-state index contributed by atoms with van der Waals surface area (Å²) >= 11 is 0. The monoisotopic (exact) mass is 411 g/mol. The largest absolute Gasteiger partial charge is 0.508 e. The maximum atomic E-state index is 11.8. The Balaban J connectivity index is 1.70. The molecule has 2 rings (SSSR count). The molecule has 0 aliphatic heterocycles. The Hall–Kier alpha value is -2.66. The van der Waals surface area contributed by atoms with Crippen molar-refractivity contribution in [2.75, 3.05) is 25.6 Å². The first-order valence-corrected chi connectivity index (χ1v) is 9.77. The van der Waals surface area contributed by atoms with Crippen molar-refractivity contribution in [1.29, 1.82) is 0 Å². The van der Waals surface area contributed by atoms with Gasteiger partial charge in [-0.15, -0.1) is 0 Å². The maximum absolute atomic E-state index is 11.8. The van der Waals surface area contributed by atoms with Crippen molar-refractivity contribution in [1.82, 2.24) is 19.5 Å². The van der Waals surface area contributed by atoms with Gasteiger partial charge in [0.1, 0.15) is 19.4 Å². The average Bonchev–Trinajstić information content (AvgIpc) is 3.10. The van der Waals surface area contributed by atoms with Crippen LogP contribution in [0.5, 0.6) is 0 Å².